The van der Waals surface area contributed by atoms with E-state index in [0.29, 0.717) is 11.4 Å². The predicted octanol–water partition coefficient (Wildman–Crippen LogP) is 0.724. The van der Waals surface area contributed by atoms with Gasteiger partial charge in [0.05, 0.1) is 19.4 Å². The number of hydrogen-bond donors (Lipinski definition) is 0. The van der Waals surface area contributed by atoms with Gasteiger partial charge < -0.3 is 9.47 Å². The monoisotopic (exact) mass is 373 g/mol. The Morgan fingerprint density at radius 3 is 2.37 bits per heavy atom. The molecule has 0 N–H and O–H groups in total. The number of rotatable bonds is 4. The smallest absolute Gasteiger partial charge is 0.355 e. The summed E-state index contributed by atoms with van der Waals surface area (Å²) < 4.78 is 10.0. The van der Waals surface area contributed by atoms with Crippen LogP contribution in [0.3, 0.4) is 0 Å². The Hall–Kier alpha value is -3.23. The molecule has 27 heavy (non-hydrogen) atoms. The van der Waals surface area contributed by atoms with Gasteiger partial charge in [0.1, 0.15) is 11.7 Å². The Bertz CT molecular complexity index is 862. The lowest BCUT2D eigenvalue weighted by molar-refractivity contribution is -0.142. The van der Waals surface area contributed by atoms with Gasteiger partial charge in [-0.1, -0.05) is 0 Å². The number of fused-ring (bicyclic) bond motifs is 1. The number of esters is 1. The van der Waals surface area contributed by atoms with E-state index in [1.165, 1.54) is 21.0 Å². The summed E-state index contributed by atoms with van der Waals surface area (Å²) in [5.74, 6) is -3.32. The molecule has 142 valence electrons. The topological polar surface area (TPSA) is 106 Å². The average molecular weight is 373 g/mol. The van der Waals surface area contributed by atoms with Crippen LogP contribution >= 0.6 is 0 Å². The van der Waals surface area contributed by atoms with Crippen LogP contribution in [0.25, 0.3) is 0 Å². The minimum Gasteiger partial charge on any atom is -0.497 e. The standard InChI is InChI=1S/C18H19N3O6/c1-5-27-16(24)14-13-15(23)20(11-6-8-12(26-4)9-7-11)17(25)18(13,3)21(19-14)10(2)22/h6-9,13H,5H2,1-4H3. The molecule has 2 aliphatic heterocycles. The maximum absolute atomic E-state index is 13.2. The number of imide groups is 1. The molecule has 0 aliphatic carbocycles. The van der Waals surface area contributed by atoms with E-state index >= 15 is 0 Å². The highest BCUT2D eigenvalue weighted by Crippen LogP contribution is 2.43. The number of amides is 3. The highest BCUT2D eigenvalue weighted by atomic mass is 16.5. The highest BCUT2D eigenvalue weighted by Gasteiger charge is 2.67. The third-order valence-corrected chi connectivity index (χ3v) is 4.70. The molecule has 1 aromatic carbocycles. The molecule has 9 nitrogen and oxygen atoms in total. The molecule has 9 heteroatoms. The summed E-state index contributed by atoms with van der Waals surface area (Å²) in [7, 11) is 1.50. The van der Waals surface area contributed by atoms with Crippen molar-refractivity contribution >= 4 is 35.1 Å². The molecule has 2 atom stereocenters. The number of carbonyl (C=O) groups is 4. The van der Waals surface area contributed by atoms with Gasteiger partial charge in [-0.25, -0.2) is 14.7 Å². The number of hydrogen-bond acceptors (Lipinski definition) is 7. The summed E-state index contributed by atoms with van der Waals surface area (Å²) >= 11 is 0. The van der Waals surface area contributed by atoms with Gasteiger partial charge in [0, 0.05) is 6.92 Å². The summed E-state index contributed by atoms with van der Waals surface area (Å²) in [4.78, 5) is 51.6. The summed E-state index contributed by atoms with van der Waals surface area (Å²) in [5, 5.41) is 4.85. The van der Waals surface area contributed by atoms with Gasteiger partial charge in [-0.05, 0) is 38.1 Å². The number of benzene rings is 1. The van der Waals surface area contributed by atoms with E-state index in [0.717, 1.165) is 9.91 Å². The first kappa shape index (κ1) is 18.6. The van der Waals surface area contributed by atoms with Crippen molar-refractivity contribution in [2.75, 3.05) is 18.6 Å². The van der Waals surface area contributed by atoms with Crippen molar-refractivity contribution in [3.8, 4) is 5.75 Å². The van der Waals surface area contributed by atoms with Gasteiger partial charge in [0.2, 0.25) is 11.8 Å². The van der Waals surface area contributed by atoms with Crippen LogP contribution in [0.4, 0.5) is 5.69 Å². The van der Waals surface area contributed by atoms with Crippen LogP contribution in [0.5, 0.6) is 5.75 Å². The fourth-order valence-electron chi connectivity index (χ4n) is 3.42. The van der Waals surface area contributed by atoms with Crippen molar-refractivity contribution in [1.82, 2.24) is 5.01 Å². The van der Waals surface area contributed by atoms with Gasteiger partial charge in [-0.2, -0.15) is 5.10 Å². The van der Waals surface area contributed by atoms with Gasteiger partial charge >= 0.3 is 5.97 Å². The van der Waals surface area contributed by atoms with Crippen LogP contribution in [0.15, 0.2) is 29.4 Å². The molecule has 0 spiro atoms. The highest BCUT2D eigenvalue weighted by molar-refractivity contribution is 6.47. The van der Waals surface area contributed by atoms with Crippen molar-refractivity contribution < 1.29 is 28.7 Å². The molecule has 2 unspecified atom stereocenters. The van der Waals surface area contributed by atoms with Crippen LogP contribution in [0, 0.1) is 5.92 Å². The Morgan fingerprint density at radius 1 is 1.22 bits per heavy atom. The number of hydrazone groups is 1. The van der Waals surface area contributed by atoms with Crippen molar-refractivity contribution in [3.05, 3.63) is 24.3 Å². The number of ether oxygens (including phenoxy) is 2. The van der Waals surface area contributed by atoms with E-state index in [9.17, 15) is 19.2 Å². The third-order valence-electron chi connectivity index (χ3n) is 4.70. The number of methoxy groups -OCH3 is 1. The van der Waals surface area contributed by atoms with Crippen LogP contribution < -0.4 is 9.64 Å². The summed E-state index contributed by atoms with van der Waals surface area (Å²) in [6, 6.07) is 6.32. The Kier molecular flexibility index (Phi) is 4.46. The second kappa shape index (κ2) is 6.49. The molecule has 1 saturated heterocycles. The average Bonchev–Trinajstić information content (AvgIpc) is 3.06. The minimum atomic E-state index is -1.62. The van der Waals surface area contributed by atoms with Crippen molar-refractivity contribution in [3.63, 3.8) is 0 Å². The van der Waals surface area contributed by atoms with E-state index in [4.69, 9.17) is 9.47 Å². The number of anilines is 1. The first-order chi connectivity index (χ1) is 12.8. The fourth-order valence-corrected chi connectivity index (χ4v) is 3.42. The van der Waals surface area contributed by atoms with E-state index < -0.39 is 35.1 Å². The predicted molar refractivity (Wildman–Crippen MR) is 94.0 cm³/mol. The van der Waals surface area contributed by atoms with Crippen molar-refractivity contribution in [2.45, 2.75) is 26.3 Å². The molecule has 1 fully saturated rings. The molecule has 0 radical (unpaired) electrons. The minimum absolute atomic E-state index is 0.0751. The van der Waals surface area contributed by atoms with Crippen LogP contribution in [-0.4, -0.2) is 53.7 Å². The van der Waals surface area contributed by atoms with E-state index in [-0.39, 0.29) is 12.3 Å². The van der Waals surface area contributed by atoms with E-state index in [2.05, 4.69) is 5.10 Å². The van der Waals surface area contributed by atoms with Gasteiger partial charge in [0.25, 0.3) is 5.91 Å². The zero-order valence-corrected chi connectivity index (χ0v) is 15.4. The van der Waals surface area contributed by atoms with Crippen molar-refractivity contribution in [2.24, 2.45) is 11.0 Å². The molecule has 1 aromatic rings. The molecule has 0 aromatic heterocycles. The summed E-state index contributed by atoms with van der Waals surface area (Å²) in [6.45, 7) is 4.33. The normalized spacial score (nSPS) is 24.0. The first-order valence-corrected chi connectivity index (χ1v) is 8.36. The molecule has 3 rings (SSSR count). The molecule has 3 amide bonds. The molecule has 0 saturated carbocycles. The maximum atomic E-state index is 13.2. The second-order valence-electron chi connectivity index (χ2n) is 6.29. The number of nitrogens with zero attached hydrogens (tertiary/aromatic N) is 3. The largest absolute Gasteiger partial charge is 0.497 e. The Morgan fingerprint density at radius 2 is 1.85 bits per heavy atom. The molecule has 0 bridgehead atoms. The van der Waals surface area contributed by atoms with Crippen LogP contribution in [0.2, 0.25) is 0 Å². The lowest BCUT2D eigenvalue weighted by Crippen LogP contribution is -2.52. The third kappa shape index (κ3) is 2.57. The van der Waals surface area contributed by atoms with Gasteiger partial charge in [-0.15, -0.1) is 0 Å². The maximum Gasteiger partial charge on any atom is 0.355 e. The lowest BCUT2D eigenvalue weighted by Gasteiger charge is -2.28. The zero-order valence-electron chi connectivity index (χ0n) is 15.4. The quantitative estimate of drug-likeness (QED) is 0.569. The second-order valence-corrected chi connectivity index (χ2v) is 6.29. The molecular formula is C18H19N3O6. The molecule has 2 heterocycles. The van der Waals surface area contributed by atoms with Crippen LogP contribution in [0.1, 0.15) is 20.8 Å². The Balaban J connectivity index is 2.08. The first-order valence-electron chi connectivity index (χ1n) is 8.36. The Labute approximate surface area is 155 Å². The van der Waals surface area contributed by atoms with Gasteiger partial charge in [-0.3, -0.25) is 14.4 Å². The summed E-state index contributed by atoms with van der Waals surface area (Å²) in [6.07, 6.45) is 0. The zero-order chi connectivity index (χ0) is 19.9. The van der Waals surface area contributed by atoms with Gasteiger partial charge in [0.15, 0.2) is 11.3 Å². The van der Waals surface area contributed by atoms with E-state index in [1.54, 1.807) is 31.2 Å². The summed E-state index contributed by atoms with van der Waals surface area (Å²) in [5.41, 5.74) is -1.55. The molecule has 2 aliphatic rings. The van der Waals surface area contributed by atoms with E-state index in [1.807, 2.05) is 0 Å². The number of carbonyl (C=O) groups excluding carboxylic acids is 4. The fraction of sp³-hybridized carbons (Fsp3) is 0.389. The van der Waals surface area contributed by atoms with Crippen molar-refractivity contribution in [1.29, 1.82) is 0 Å². The SMILES string of the molecule is CCOC(=O)C1=NN(C(C)=O)C2(C)C(=O)N(c3ccc(OC)cc3)C(=O)C12. The lowest BCUT2D eigenvalue weighted by atomic mass is 9.85. The molecular weight excluding hydrogens is 354 g/mol. The van der Waals surface area contributed by atoms with Crippen LogP contribution in [-0.2, 0) is 23.9 Å².